The van der Waals surface area contributed by atoms with E-state index in [9.17, 15) is 18.0 Å². The predicted octanol–water partition coefficient (Wildman–Crippen LogP) is 4.63. The van der Waals surface area contributed by atoms with E-state index in [1.807, 2.05) is 0 Å². The molecule has 0 aliphatic heterocycles. The summed E-state index contributed by atoms with van der Waals surface area (Å²) in [6.07, 6.45) is -4.09. The molecule has 9 heteroatoms. The van der Waals surface area contributed by atoms with Crippen LogP contribution in [0.3, 0.4) is 0 Å². The maximum absolute atomic E-state index is 12.6. The van der Waals surface area contributed by atoms with Crippen molar-refractivity contribution in [3.05, 3.63) is 71.4 Å². The summed E-state index contributed by atoms with van der Waals surface area (Å²) >= 11 is 0. The number of anilines is 2. The van der Waals surface area contributed by atoms with Crippen LogP contribution in [0.15, 0.2) is 53.1 Å². The van der Waals surface area contributed by atoms with Crippen molar-refractivity contribution in [1.29, 1.82) is 0 Å². The van der Waals surface area contributed by atoms with E-state index in [0.29, 0.717) is 23.8 Å². The van der Waals surface area contributed by atoms with Crippen LogP contribution in [0, 0.1) is 6.92 Å². The number of benzene rings is 2. The fourth-order valence-electron chi connectivity index (χ4n) is 2.40. The quantitative estimate of drug-likeness (QED) is 0.696. The van der Waals surface area contributed by atoms with E-state index in [4.69, 9.17) is 4.52 Å². The second kappa shape index (κ2) is 7.48. The molecule has 2 amide bonds. The summed E-state index contributed by atoms with van der Waals surface area (Å²) < 4.78 is 42.8. The summed E-state index contributed by atoms with van der Waals surface area (Å²) in [7, 11) is 0. The molecule has 0 saturated carbocycles. The Morgan fingerprint density at radius 2 is 1.78 bits per heavy atom. The van der Waals surface area contributed by atoms with Gasteiger partial charge in [-0.15, -0.1) is 0 Å². The van der Waals surface area contributed by atoms with Crippen LogP contribution in [0.25, 0.3) is 0 Å². The van der Waals surface area contributed by atoms with Crippen LogP contribution >= 0.6 is 0 Å². The fraction of sp³-hybridized carbons (Fsp3) is 0.167. The minimum atomic E-state index is -4.42. The molecule has 2 aromatic carbocycles. The number of nitrogens with one attached hydrogen (secondary N) is 2. The van der Waals surface area contributed by atoms with Gasteiger partial charge in [-0.25, -0.2) is 4.79 Å². The number of hydrogen-bond donors (Lipinski definition) is 2. The van der Waals surface area contributed by atoms with Gasteiger partial charge in [0.1, 0.15) is 0 Å². The van der Waals surface area contributed by atoms with Gasteiger partial charge < -0.3 is 15.2 Å². The molecule has 0 radical (unpaired) electrons. The fourth-order valence-corrected chi connectivity index (χ4v) is 2.40. The first kappa shape index (κ1) is 18.4. The van der Waals surface area contributed by atoms with Crippen molar-refractivity contribution in [2.45, 2.75) is 19.5 Å². The van der Waals surface area contributed by atoms with Crippen LogP contribution in [0.5, 0.6) is 0 Å². The van der Waals surface area contributed by atoms with Gasteiger partial charge in [-0.2, -0.15) is 18.2 Å². The molecule has 27 heavy (non-hydrogen) atoms. The molecule has 1 heterocycles. The number of carbonyl (C=O) groups is 1. The Morgan fingerprint density at radius 3 is 2.41 bits per heavy atom. The lowest BCUT2D eigenvalue weighted by molar-refractivity contribution is -0.137. The number of halogens is 3. The molecule has 0 aliphatic carbocycles. The first-order chi connectivity index (χ1) is 12.8. The first-order valence-corrected chi connectivity index (χ1v) is 7.93. The van der Waals surface area contributed by atoms with Crippen LogP contribution in [0.1, 0.15) is 22.8 Å². The van der Waals surface area contributed by atoms with E-state index in [0.717, 1.165) is 17.7 Å². The third-order valence-corrected chi connectivity index (χ3v) is 3.65. The van der Waals surface area contributed by atoms with Crippen LogP contribution in [-0.2, 0) is 12.6 Å². The van der Waals surface area contributed by atoms with Gasteiger partial charge >= 0.3 is 12.2 Å². The summed E-state index contributed by atoms with van der Waals surface area (Å²) in [5.74, 6) is 0.917. The Bertz CT molecular complexity index is 936. The van der Waals surface area contributed by atoms with Crippen LogP contribution in [-0.4, -0.2) is 16.2 Å². The number of carbonyl (C=O) groups excluding carboxylic acids is 1. The summed E-state index contributed by atoms with van der Waals surface area (Å²) in [4.78, 5) is 16.3. The first-order valence-electron chi connectivity index (χ1n) is 7.93. The largest absolute Gasteiger partial charge is 0.416 e. The summed E-state index contributed by atoms with van der Waals surface area (Å²) in [5.41, 5.74) is 0.737. The maximum atomic E-state index is 12.6. The van der Waals surface area contributed by atoms with Gasteiger partial charge in [0.2, 0.25) is 5.89 Å². The van der Waals surface area contributed by atoms with Gasteiger partial charge in [0.15, 0.2) is 5.82 Å². The van der Waals surface area contributed by atoms with E-state index < -0.39 is 17.8 Å². The van der Waals surface area contributed by atoms with Gasteiger partial charge in [0, 0.05) is 11.4 Å². The average Bonchev–Trinajstić information content (AvgIpc) is 3.01. The molecule has 0 unspecified atom stereocenters. The molecule has 6 nitrogen and oxygen atoms in total. The van der Waals surface area contributed by atoms with E-state index in [1.54, 1.807) is 31.2 Å². The van der Waals surface area contributed by atoms with Gasteiger partial charge in [0.05, 0.1) is 12.0 Å². The van der Waals surface area contributed by atoms with E-state index in [-0.39, 0.29) is 5.69 Å². The number of para-hydroxylation sites is 1. The Labute approximate surface area is 152 Å². The molecule has 140 valence electrons. The molecule has 0 bridgehead atoms. The van der Waals surface area contributed by atoms with Crippen molar-refractivity contribution in [3.63, 3.8) is 0 Å². The number of hydrogen-bond acceptors (Lipinski definition) is 4. The molecule has 0 saturated heterocycles. The van der Waals surface area contributed by atoms with Crippen LogP contribution in [0.2, 0.25) is 0 Å². The summed E-state index contributed by atoms with van der Waals surface area (Å²) in [6.45, 7) is 1.70. The summed E-state index contributed by atoms with van der Waals surface area (Å²) in [6, 6.07) is 10.7. The number of aromatic nitrogens is 2. The van der Waals surface area contributed by atoms with E-state index in [2.05, 4.69) is 20.8 Å². The van der Waals surface area contributed by atoms with Crippen molar-refractivity contribution in [3.8, 4) is 0 Å². The normalized spacial score (nSPS) is 11.3. The number of nitrogens with zero attached hydrogens (tertiary/aromatic N) is 2. The highest BCUT2D eigenvalue weighted by Gasteiger charge is 2.30. The van der Waals surface area contributed by atoms with E-state index in [1.165, 1.54) is 12.1 Å². The number of amides is 2. The van der Waals surface area contributed by atoms with Gasteiger partial charge in [-0.3, -0.25) is 0 Å². The molecule has 2 N–H and O–H groups in total. The monoisotopic (exact) mass is 376 g/mol. The molecule has 3 aromatic rings. The van der Waals surface area contributed by atoms with Gasteiger partial charge in [0.25, 0.3) is 0 Å². The van der Waals surface area contributed by atoms with Gasteiger partial charge in [-0.05, 0) is 42.8 Å². The standard InChI is InChI=1S/C18H15F3N4O2/c1-11-22-16(27-25-11)10-12-4-2-3-5-15(12)24-17(26)23-14-8-6-13(7-9-14)18(19,20)21/h2-9H,10H2,1H3,(H2,23,24,26). The minimum Gasteiger partial charge on any atom is -0.339 e. The van der Waals surface area contributed by atoms with Crippen molar-refractivity contribution >= 4 is 17.4 Å². The zero-order valence-corrected chi connectivity index (χ0v) is 14.2. The van der Waals surface area contributed by atoms with Crippen molar-refractivity contribution in [2.24, 2.45) is 0 Å². The predicted molar refractivity (Wildman–Crippen MR) is 92.4 cm³/mol. The zero-order valence-electron chi connectivity index (χ0n) is 14.2. The molecule has 0 fully saturated rings. The molecule has 0 atom stereocenters. The number of aryl methyl sites for hydroxylation is 1. The molecule has 3 rings (SSSR count). The Morgan fingerprint density at radius 1 is 1.07 bits per heavy atom. The molecule has 0 spiro atoms. The Hall–Kier alpha value is -3.36. The van der Waals surface area contributed by atoms with Crippen molar-refractivity contribution in [1.82, 2.24) is 10.1 Å². The number of alkyl halides is 3. The number of rotatable bonds is 4. The smallest absolute Gasteiger partial charge is 0.339 e. The second-order valence-corrected chi connectivity index (χ2v) is 5.72. The second-order valence-electron chi connectivity index (χ2n) is 5.72. The molecule has 1 aromatic heterocycles. The highest BCUT2D eigenvalue weighted by Crippen LogP contribution is 2.29. The van der Waals surface area contributed by atoms with Crippen LogP contribution < -0.4 is 10.6 Å². The third-order valence-electron chi connectivity index (χ3n) is 3.65. The van der Waals surface area contributed by atoms with Crippen molar-refractivity contribution in [2.75, 3.05) is 10.6 Å². The van der Waals surface area contributed by atoms with E-state index >= 15 is 0 Å². The summed E-state index contributed by atoms with van der Waals surface area (Å²) in [5, 5.41) is 8.88. The average molecular weight is 376 g/mol. The lowest BCUT2D eigenvalue weighted by Gasteiger charge is -2.12. The maximum Gasteiger partial charge on any atom is 0.416 e. The minimum absolute atomic E-state index is 0.241. The highest BCUT2D eigenvalue weighted by atomic mass is 19.4. The zero-order chi connectivity index (χ0) is 19.4. The topological polar surface area (TPSA) is 80.0 Å². The van der Waals surface area contributed by atoms with Crippen molar-refractivity contribution < 1.29 is 22.5 Å². The van der Waals surface area contributed by atoms with Crippen LogP contribution in [0.4, 0.5) is 29.3 Å². The SMILES string of the molecule is Cc1noc(Cc2ccccc2NC(=O)Nc2ccc(C(F)(F)F)cc2)n1. The highest BCUT2D eigenvalue weighted by molar-refractivity contribution is 6.00. The molecular weight excluding hydrogens is 361 g/mol. The Balaban J connectivity index is 1.67. The third kappa shape index (κ3) is 4.84. The lowest BCUT2D eigenvalue weighted by Crippen LogP contribution is -2.20. The number of urea groups is 1. The molecule has 0 aliphatic rings. The lowest BCUT2D eigenvalue weighted by atomic mass is 10.1. The Kier molecular flexibility index (Phi) is 5.11. The molecular formula is C18H15F3N4O2. The van der Waals surface area contributed by atoms with Gasteiger partial charge in [-0.1, -0.05) is 23.4 Å².